The van der Waals surface area contributed by atoms with Gasteiger partial charge in [0, 0.05) is 24.8 Å². The first-order chi connectivity index (χ1) is 18.2. The lowest BCUT2D eigenvalue weighted by Gasteiger charge is -2.29. The van der Waals surface area contributed by atoms with Gasteiger partial charge in [0.1, 0.15) is 11.1 Å². The van der Waals surface area contributed by atoms with Gasteiger partial charge in [0.05, 0.1) is 17.4 Å². The summed E-state index contributed by atoms with van der Waals surface area (Å²) < 4.78 is 4.36. The van der Waals surface area contributed by atoms with Crippen molar-refractivity contribution in [3.05, 3.63) is 108 Å². The second-order valence-electron chi connectivity index (χ2n) is 10.1. The first-order valence-corrected chi connectivity index (χ1v) is 13.2. The van der Waals surface area contributed by atoms with Crippen LogP contribution in [-0.2, 0) is 6.54 Å². The summed E-state index contributed by atoms with van der Waals surface area (Å²) in [5, 5.41) is 20.0. The molecule has 0 unspecified atom stereocenters. The van der Waals surface area contributed by atoms with Gasteiger partial charge in [-0.3, -0.25) is 5.41 Å². The molecule has 1 aliphatic carbocycles. The fourth-order valence-electron chi connectivity index (χ4n) is 5.85. The second-order valence-corrected chi connectivity index (χ2v) is 10.1. The van der Waals surface area contributed by atoms with E-state index in [9.17, 15) is 10.5 Å². The molecule has 2 aromatic heterocycles. The Morgan fingerprint density at radius 1 is 0.784 bits per heavy atom. The van der Waals surface area contributed by atoms with Crippen LogP contribution in [-0.4, -0.2) is 25.8 Å². The number of nitrogens with zero attached hydrogens (tertiary/aromatic N) is 3. The van der Waals surface area contributed by atoms with E-state index >= 15 is 0 Å². The van der Waals surface area contributed by atoms with E-state index in [2.05, 4.69) is 81.9 Å². The third-order valence-electron chi connectivity index (χ3n) is 7.80. The molecule has 0 aliphatic heterocycles. The molecular weight excluding hydrogens is 456 g/mol. The van der Waals surface area contributed by atoms with Gasteiger partial charge in [0.15, 0.2) is 0 Å². The summed E-state index contributed by atoms with van der Waals surface area (Å²) in [6, 6.07) is 31.6. The summed E-state index contributed by atoms with van der Waals surface area (Å²) >= 11 is 0. The summed E-state index contributed by atoms with van der Waals surface area (Å²) in [6.07, 6.45) is 5.78. The molecule has 186 valence electrons. The van der Waals surface area contributed by atoms with Gasteiger partial charge in [-0.1, -0.05) is 91.0 Å². The quantitative estimate of drug-likeness (QED) is 0.289. The van der Waals surface area contributed by atoms with E-state index in [1.807, 2.05) is 24.5 Å². The zero-order chi connectivity index (χ0) is 25.2. The van der Waals surface area contributed by atoms with Crippen LogP contribution in [0.4, 0.5) is 0 Å². The summed E-state index contributed by atoms with van der Waals surface area (Å²) in [7, 11) is 0. The molecule has 1 saturated carbocycles. The molecule has 2 N–H and O–H groups in total. The summed E-state index contributed by atoms with van der Waals surface area (Å²) in [4.78, 5) is 5.04. The SMILES string of the molecule is N=c1c2c(-c3ccccc3)c(-c3ccccc3)n(Cc3ccccc3)c2ncn1C1CCC(CO)CC1. The molecule has 5 heteroatoms. The minimum atomic E-state index is 0.230. The average Bonchev–Trinajstić information content (AvgIpc) is 3.29. The summed E-state index contributed by atoms with van der Waals surface area (Å²) in [5.41, 5.74) is 6.91. The number of hydrogen-bond acceptors (Lipinski definition) is 3. The Labute approximate surface area is 217 Å². The van der Waals surface area contributed by atoms with Crippen LogP contribution in [0.25, 0.3) is 33.4 Å². The standard InChI is InChI=1S/C32H32N4O/c33-31-29-28(25-12-6-2-7-13-25)30(26-14-8-3-9-15-26)35(20-23-10-4-1-5-11-23)32(29)34-22-36(31)27-18-16-24(21-37)17-19-27/h1-15,22,24,27,33,37H,16-21H2. The number of hydrogen-bond donors (Lipinski definition) is 2. The molecule has 2 heterocycles. The molecule has 0 bridgehead atoms. The molecular formula is C32H32N4O. The number of benzene rings is 3. The highest BCUT2D eigenvalue weighted by Gasteiger charge is 2.26. The van der Waals surface area contributed by atoms with Crippen molar-refractivity contribution in [2.45, 2.75) is 38.3 Å². The third-order valence-corrected chi connectivity index (χ3v) is 7.80. The Balaban J connectivity index is 1.63. The van der Waals surface area contributed by atoms with E-state index < -0.39 is 0 Å². The normalized spacial score (nSPS) is 17.8. The summed E-state index contributed by atoms with van der Waals surface area (Å²) in [5.74, 6) is 0.374. The molecule has 0 amide bonds. The van der Waals surface area contributed by atoms with Crippen LogP contribution in [0.5, 0.6) is 0 Å². The van der Waals surface area contributed by atoms with E-state index in [1.54, 1.807) is 0 Å². The molecule has 5 nitrogen and oxygen atoms in total. The van der Waals surface area contributed by atoms with Gasteiger partial charge in [-0.25, -0.2) is 4.98 Å². The highest BCUT2D eigenvalue weighted by atomic mass is 16.3. The van der Waals surface area contributed by atoms with Gasteiger partial charge >= 0.3 is 0 Å². The number of rotatable bonds is 6. The van der Waals surface area contributed by atoms with Crippen LogP contribution in [0.15, 0.2) is 97.3 Å². The summed E-state index contributed by atoms with van der Waals surface area (Å²) in [6.45, 7) is 0.926. The number of fused-ring (bicyclic) bond motifs is 1. The maximum Gasteiger partial charge on any atom is 0.146 e. The van der Waals surface area contributed by atoms with Gasteiger partial charge in [-0.2, -0.15) is 0 Å². The van der Waals surface area contributed by atoms with Crippen molar-refractivity contribution in [1.82, 2.24) is 14.1 Å². The minimum Gasteiger partial charge on any atom is -0.396 e. The Kier molecular flexibility index (Phi) is 6.46. The molecule has 0 saturated heterocycles. The van der Waals surface area contributed by atoms with E-state index in [-0.39, 0.29) is 12.6 Å². The molecule has 3 aromatic carbocycles. The fourth-order valence-corrected chi connectivity index (χ4v) is 5.85. The van der Waals surface area contributed by atoms with Crippen LogP contribution >= 0.6 is 0 Å². The van der Waals surface area contributed by atoms with Crippen molar-refractivity contribution in [3.8, 4) is 22.4 Å². The van der Waals surface area contributed by atoms with Crippen molar-refractivity contribution in [1.29, 1.82) is 5.41 Å². The van der Waals surface area contributed by atoms with E-state index in [4.69, 9.17) is 4.98 Å². The third kappa shape index (κ3) is 4.40. The number of aliphatic hydroxyl groups is 1. The van der Waals surface area contributed by atoms with Crippen molar-refractivity contribution < 1.29 is 5.11 Å². The van der Waals surface area contributed by atoms with Crippen molar-refractivity contribution in [2.24, 2.45) is 5.92 Å². The highest BCUT2D eigenvalue weighted by Crippen LogP contribution is 2.40. The lowest BCUT2D eigenvalue weighted by atomic mass is 9.86. The topological polar surface area (TPSA) is 66.8 Å². The van der Waals surface area contributed by atoms with Crippen molar-refractivity contribution >= 4 is 11.0 Å². The van der Waals surface area contributed by atoms with Crippen LogP contribution in [0, 0.1) is 11.3 Å². The molecule has 6 rings (SSSR count). The molecule has 1 aliphatic rings. The van der Waals surface area contributed by atoms with Gasteiger partial charge in [0.25, 0.3) is 0 Å². The highest BCUT2D eigenvalue weighted by molar-refractivity contribution is 6.02. The van der Waals surface area contributed by atoms with Gasteiger partial charge < -0.3 is 14.2 Å². The van der Waals surface area contributed by atoms with Gasteiger partial charge in [-0.05, 0) is 48.3 Å². The smallest absolute Gasteiger partial charge is 0.146 e. The predicted octanol–water partition coefficient (Wildman–Crippen LogP) is 6.42. The maximum absolute atomic E-state index is 9.61. The maximum atomic E-state index is 9.61. The molecule has 5 aromatic rings. The monoisotopic (exact) mass is 488 g/mol. The van der Waals surface area contributed by atoms with Gasteiger partial charge in [-0.15, -0.1) is 0 Å². The average molecular weight is 489 g/mol. The molecule has 0 atom stereocenters. The lowest BCUT2D eigenvalue weighted by Crippen LogP contribution is -2.29. The van der Waals surface area contributed by atoms with Crippen LogP contribution in [0.3, 0.4) is 0 Å². The Bertz CT molecular complexity index is 1550. The van der Waals surface area contributed by atoms with E-state index in [0.717, 1.165) is 59.1 Å². The number of aliphatic hydroxyl groups excluding tert-OH is 1. The van der Waals surface area contributed by atoms with Crippen molar-refractivity contribution in [3.63, 3.8) is 0 Å². The number of nitrogens with one attached hydrogen (secondary N) is 1. The zero-order valence-corrected chi connectivity index (χ0v) is 20.9. The molecule has 0 radical (unpaired) electrons. The molecule has 0 spiro atoms. The Morgan fingerprint density at radius 3 is 2.00 bits per heavy atom. The Hall–Kier alpha value is -3.96. The van der Waals surface area contributed by atoms with E-state index in [0.29, 0.717) is 18.0 Å². The zero-order valence-electron chi connectivity index (χ0n) is 20.9. The number of aromatic nitrogens is 3. The molecule has 1 fully saturated rings. The fraction of sp³-hybridized carbons (Fsp3) is 0.250. The lowest BCUT2D eigenvalue weighted by molar-refractivity contribution is 0.167. The Morgan fingerprint density at radius 2 is 1.38 bits per heavy atom. The van der Waals surface area contributed by atoms with Gasteiger partial charge in [0.2, 0.25) is 0 Å². The van der Waals surface area contributed by atoms with Crippen LogP contribution in [0.2, 0.25) is 0 Å². The first kappa shape index (κ1) is 23.4. The minimum absolute atomic E-state index is 0.230. The van der Waals surface area contributed by atoms with Crippen molar-refractivity contribution in [2.75, 3.05) is 6.61 Å². The second kappa shape index (κ2) is 10.2. The molecule has 37 heavy (non-hydrogen) atoms. The largest absolute Gasteiger partial charge is 0.396 e. The predicted molar refractivity (Wildman–Crippen MR) is 148 cm³/mol. The first-order valence-electron chi connectivity index (χ1n) is 13.2. The van der Waals surface area contributed by atoms with Crippen LogP contribution < -0.4 is 5.49 Å². The van der Waals surface area contributed by atoms with E-state index in [1.165, 1.54) is 5.56 Å². The van der Waals surface area contributed by atoms with Crippen LogP contribution in [0.1, 0.15) is 37.3 Å².